The number of sulfonamides is 1. The zero-order valence-electron chi connectivity index (χ0n) is 6.66. The lowest BCUT2D eigenvalue weighted by Gasteiger charge is -2.10. The maximum Gasteiger partial charge on any atom is 0.213 e. The van der Waals surface area contributed by atoms with E-state index in [0.717, 1.165) is 12.8 Å². The van der Waals surface area contributed by atoms with Crippen LogP contribution in [0.4, 0.5) is 0 Å². The van der Waals surface area contributed by atoms with E-state index in [2.05, 4.69) is 4.72 Å². The van der Waals surface area contributed by atoms with E-state index < -0.39 is 10.0 Å². The third kappa shape index (κ3) is 3.13. The van der Waals surface area contributed by atoms with Gasteiger partial charge in [0.25, 0.3) is 0 Å². The highest BCUT2D eigenvalue weighted by Gasteiger charge is 2.17. The Morgan fingerprint density at radius 2 is 2.00 bits per heavy atom. The molecule has 0 unspecified atom stereocenters. The van der Waals surface area contributed by atoms with Gasteiger partial charge in [0.05, 0.1) is 5.75 Å². The van der Waals surface area contributed by atoms with E-state index in [4.69, 9.17) is 11.6 Å². The van der Waals surface area contributed by atoms with Gasteiger partial charge in [-0.3, -0.25) is 0 Å². The molecule has 5 heteroatoms. The summed E-state index contributed by atoms with van der Waals surface area (Å²) in [5.74, 6) is 0.153. The molecule has 0 saturated heterocycles. The second-order valence-corrected chi connectivity index (χ2v) is 5.02. The van der Waals surface area contributed by atoms with Crippen molar-refractivity contribution >= 4 is 21.6 Å². The second kappa shape index (κ2) is 4.25. The van der Waals surface area contributed by atoms with Crippen molar-refractivity contribution in [2.75, 3.05) is 11.6 Å². The van der Waals surface area contributed by atoms with Gasteiger partial charge in [0.2, 0.25) is 10.0 Å². The summed E-state index contributed by atoms with van der Waals surface area (Å²) in [4.78, 5) is 0. The molecule has 0 aromatic carbocycles. The Bertz CT molecular complexity index is 253. The monoisotopic (exact) mass is 209 g/mol. The van der Waals surface area contributed by atoms with Crippen molar-refractivity contribution < 1.29 is 8.42 Å². The first kappa shape index (κ1) is 10.0. The minimum Gasteiger partial charge on any atom is -0.212 e. The molecule has 0 spiro atoms. The fraction of sp³-hybridized carbons (Fsp3) is 0.714. The van der Waals surface area contributed by atoms with Crippen LogP contribution in [0.1, 0.15) is 12.8 Å². The average molecular weight is 210 g/mol. The van der Waals surface area contributed by atoms with Crippen molar-refractivity contribution in [2.45, 2.75) is 18.9 Å². The van der Waals surface area contributed by atoms with Crippen LogP contribution in [-0.2, 0) is 10.0 Å². The molecule has 0 amide bonds. The number of rotatable bonds is 4. The van der Waals surface area contributed by atoms with Crippen molar-refractivity contribution in [3.8, 4) is 0 Å². The summed E-state index contributed by atoms with van der Waals surface area (Å²) in [5, 5.41) is 0. The van der Waals surface area contributed by atoms with Gasteiger partial charge in [0.15, 0.2) is 0 Å². The summed E-state index contributed by atoms with van der Waals surface area (Å²) in [6.45, 7) is 0. The number of alkyl halides is 1. The molecule has 3 nitrogen and oxygen atoms in total. The normalized spacial score (nSPS) is 18.8. The van der Waals surface area contributed by atoms with Crippen LogP contribution in [0, 0.1) is 0 Å². The smallest absolute Gasteiger partial charge is 0.212 e. The minimum absolute atomic E-state index is 0.00502. The molecule has 0 radical (unpaired) electrons. The van der Waals surface area contributed by atoms with Crippen LogP contribution in [0.3, 0.4) is 0 Å². The molecule has 0 aliphatic heterocycles. The fourth-order valence-electron chi connectivity index (χ4n) is 1.13. The molecular formula is C7H12ClNO2S. The predicted molar refractivity (Wildman–Crippen MR) is 49.8 cm³/mol. The van der Waals surface area contributed by atoms with Crippen LogP contribution in [0.25, 0.3) is 0 Å². The van der Waals surface area contributed by atoms with Crippen molar-refractivity contribution in [1.82, 2.24) is 4.72 Å². The topological polar surface area (TPSA) is 46.2 Å². The van der Waals surface area contributed by atoms with E-state index in [9.17, 15) is 8.42 Å². The van der Waals surface area contributed by atoms with E-state index in [-0.39, 0.29) is 17.7 Å². The molecule has 12 heavy (non-hydrogen) atoms. The second-order valence-electron chi connectivity index (χ2n) is 2.77. The van der Waals surface area contributed by atoms with Crippen molar-refractivity contribution in [2.24, 2.45) is 0 Å². The largest absolute Gasteiger partial charge is 0.213 e. The molecule has 0 bridgehead atoms. The van der Waals surface area contributed by atoms with Crippen molar-refractivity contribution in [1.29, 1.82) is 0 Å². The molecule has 1 aliphatic carbocycles. The van der Waals surface area contributed by atoms with Crippen molar-refractivity contribution in [3.63, 3.8) is 0 Å². The van der Waals surface area contributed by atoms with E-state index in [0.29, 0.717) is 0 Å². The maximum atomic E-state index is 11.2. The van der Waals surface area contributed by atoms with Gasteiger partial charge in [-0.2, -0.15) is 0 Å². The van der Waals surface area contributed by atoms with Gasteiger partial charge in [-0.15, -0.1) is 11.6 Å². The molecular weight excluding hydrogens is 198 g/mol. The maximum absolute atomic E-state index is 11.2. The first-order chi connectivity index (χ1) is 5.64. The Kier molecular flexibility index (Phi) is 3.55. The number of halogens is 1. The zero-order valence-corrected chi connectivity index (χ0v) is 8.24. The highest BCUT2D eigenvalue weighted by molar-refractivity contribution is 7.89. The summed E-state index contributed by atoms with van der Waals surface area (Å²) >= 11 is 5.34. The van der Waals surface area contributed by atoms with E-state index in [1.165, 1.54) is 0 Å². The molecule has 1 N–H and O–H groups in total. The van der Waals surface area contributed by atoms with Gasteiger partial charge >= 0.3 is 0 Å². The van der Waals surface area contributed by atoms with E-state index in [1.807, 2.05) is 12.2 Å². The summed E-state index contributed by atoms with van der Waals surface area (Å²) in [6, 6.07) is 0.0539. The number of hydrogen-bond donors (Lipinski definition) is 1. The summed E-state index contributed by atoms with van der Waals surface area (Å²) in [5.41, 5.74) is 0. The highest BCUT2D eigenvalue weighted by atomic mass is 35.5. The molecule has 0 atom stereocenters. The van der Waals surface area contributed by atoms with Gasteiger partial charge in [0, 0.05) is 11.9 Å². The Labute approximate surface area is 77.8 Å². The average Bonchev–Trinajstić information content (AvgIpc) is 2.38. The van der Waals surface area contributed by atoms with Gasteiger partial charge in [-0.25, -0.2) is 13.1 Å². The lowest BCUT2D eigenvalue weighted by Crippen LogP contribution is -2.35. The number of nitrogens with one attached hydrogen (secondary N) is 1. The molecule has 0 aromatic heterocycles. The molecule has 0 heterocycles. The van der Waals surface area contributed by atoms with Gasteiger partial charge < -0.3 is 0 Å². The van der Waals surface area contributed by atoms with Gasteiger partial charge in [0.1, 0.15) is 0 Å². The summed E-state index contributed by atoms with van der Waals surface area (Å²) in [6.07, 6.45) is 5.55. The van der Waals surface area contributed by atoms with Gasteiger partial charge in [-0.1, -0.05) is 12.2 Å². The lowest BCUT2D eigenvalue weighted by atomic mass is 10.3. The van der Waals surface area contributed by atoms with Crippen LogP contribution in [0.2, 0.25) is 0 Å². The molecule has 1 aliphatic rings. The molecule has 0 fully saturated rings. The molecule has 0 saturated carbocycles. The minimum atomic E-state index is -3.14. The van der Waals surface area contributed by atoms with Crippen LogP contribution >= 0.6 is 11.6 Å². The van der Waals surface area contributed by atoms with Crippen LogP contribution in [0.5, 0.6) is 0 Å². The standard InChI is InChI=1S/C7H12ClNO2S/c8-5-6-12(10,11)9-7-3-1-2-4-7/h1-2,7,9H,3-6H2. The van der Waals surface area contributed by atoms with Crippen LogP contribution in [-0.4, -0.2) is 26.1 Å². The first-order valence-electron chi connectivity index (χ1n) is 3.85. The predicted octanol–water partition coefficient (Wildman–Crippen LogP) is 0.863. The van der Waals surface area contributed by atoms with E-state index >= 15 is 0 Å². The van der Waals surface area contributed by atoms with Crippen LogP contribution < -0.4 is 4.72 Å². The summed E-state index contributed by atoms with van der Waals surface area (Å²) < 4.78 is 24.9. The van der Waals surface area contributed by atoms with Crippen LogP contribution in [0.15, 0.2) is 12.2 Å². The van der Waals surface area contributed by atoms with Gasteiger partial charge in [-0.05, 0) is 12.8 Å². The molecule has 70 valence electrons. The third-order valence-electron chi connectivity index (χ3n) is 1.70. The third-order valence-corrected chi connectivity index (χ3v) is 3.55. The highest BCUT2D eigenvalue weighted by Crippen LogP contribution is 2.10. The SMILES string of the molecule is O=S(=O)(CCCl)NC1CC=CC1. The van der Waals surface area contributed by atoms with Crippen molar-refractivity contribution in [3.05, 3.63) is 12.2 Å². The fourth-order valence-corrected chi connectivity index (χ4v) is 2.76. The van der Waals surface area contributed by atoms with E-state index in [1.54, 1.807) is 0 Å². The Balaban J connectivity index is 2.39. The Morgan fingerprint density at radius 1 is 1.42 bits per heavy atom. The number of hydrogen-bond acceptors (Lipinski definition) is 2. The Morgan fingerprint density at radius 3 is 2.50 bits per heavy atom. The lowest BCUT2D eigenvalue weighted by molar-refractivity contribution is 0.559. The Hall–Kier alpha value is -0.0600. The molecule has 1 rings (SSSR count). The quantitative estimate of drug-likeness (QED) is 0.552. The zero-order chi connectivity index (χ0) is 9.03. The summed E-state index contributed by atoms with van der Waals surface area (Å²) in [7, 11) is -3.14. The first-order valence-corrected chi connectivity index (χ1v) is 6.04. The molecule has 0 aromatic rings.